The van der Waals surface area contributed by atoms with Crippen molar-refractivity contribution in [2.75, 3.05) is 5.32 Å². The minimum atomic E-state index is -0.331. The van der Waals surface area contributed by atoms with Gasteiger partial charge in [0.2, 0.25) is 0 Å². The number of amides is 2. The van der Waals surface area contributed by atoms with Crippen LogP contribution in [0.5, 0.6) is 0 Å². The van der Waals surface area contributed by atoms with E-state index >= 15 is 0 Å². The lowest BCUT2D eigenvalue weighted by atomic mass is 9.98. The highest BCUT2D eigenvalue weighted by molar-refractivity contribution is 5.93. The summed E-state index contributed by atoms with van der Waals surface area (Å²) in [5, 5.41) is 15.7. The summed E-state index contributed by atoms with van der Waals surface area (Å²) in [7, 11) is 0. The quantitative estimate of drug-likeness (QED) is 0.812. The van der Waals surface area contributed by atoms with Crippen molar-refractivity contribution in [2.24, 2.45) is 5.92 Å². The van der Waals surface area contributed by atoms with E-state index in [0.29, 0.717) is 12.5 Å². The SMILES string of the molecule is O=C1NCc2ccc(-c3ccc(C(O)C4CC4)cc3)cc2N1. The van der Waals surface area contributed by atoms with Crippen LogP contribution >= 0.6 is 0 Å². The summed E-state index contributed by atoms with van der Waals surface area (Å²) in [4.78, 5) is 11.4. The van der Waals surface area contributed by atoms with Crippen LogP contribution in [0.3, 0.4) is 0 Å². The highest BCUT2D eigenvalue weighted by Gasteiger charge is 2.30. The summed E-state index contributed by atoms with van der Waals surface area (Å²) >= 11 is 0. The van der Waals surface area contributed by atoms with Crippen molar-refractivity contribution in [1.82, 2.24) is 5.32 Å². The monoisotopic (exact) mass is 294 g/mol. The average molecular weight is 294 g/mol. The van der Waals surface area contributed by atoms with Crippen molar-refractivity contribution in [3.8, 4) is 11.1 Å². The van der Waals surface area contributed by atoms with Crippen LogP contribution in [0.15, 0.2) is 42.5 Å². The van der Waals surface area contributed by atoms with Gasteiger partial charge in [0.05, 0.1) is 6.10 Å². The first kappa shape index (κ1) is 13.3. The Bertz CT molecular complexity index is 720. The van der Waals surface area contributed by atoms with E-state index in [0.717, 1.165) is 40.8 Å². The van der Waals surface area contributed by atoms with E-state index in [1.807, 2.05) is 36.4 Å². The molecule has 3 N–H and O–H groups in total. The number of fused-ring (bicyclic) bond motifs is 1. The Morgan fingerprint density at radius 3 is 2.50 bits per heavy atom. The van der Waals surface area contributed by atoms with Gasteiger partial charge in [-0.2, -0.15) is 0 Å². The van der Waals surface area contributed by atoms with Gasteiger partial charge in [0, 0.05) is 12.2 Å². The number of carbonyl (C=O) groups excluding carboxylic acids is 1. The van der Waals surface area contributed by atoms with Gasteiger partial charge in [-0.1, -0.05) is 36.4 Å². The minimum Gasteiger partial charge on any atom is -0.388 e. The predicted molar refractivity (Wildman–Crippen MR) is 85.4 cm³/mol. The summed E-state index contributed by atoms with van der Waals surface area (Å²) in [6.45, 7) is 0.563. The van der Waals surface area contributed by atoms with E-state index in [2.05, 4.69) is 16.7 Å². The Morgan fingerprint density at radius 1 is 1.05 bits per heavy atom. The van der Waals surface area contributed by atoms with Gasteiger partial charge in [0.15, 0.2) is 0 Å². The lowest BCUT2D eigenvalue weighted by molar-refractivity contribution is 0.154. The Labute approximate surface area is 129 Å². The standard InChI is InChI=1S/C18H18N2O2/c21-17(13-5-6-13)12-3-1-11(2-4-12)14-7-8-15-10-19-18(22)20-16(15)9-14/h1-4,7-9,13,17,21H,5-6,10H2,(H2,19,20,22). The van der Waals surface area contributed by atoms with E-state index in [9.17, 15) is 9.90 Å². The first-order valence-corrected chi connectivity index (χ1v) is 7.67. The normalized spacial score (nSPS) is 18.1. The van der Waals surface area contributed by atoms with Crippen LogP contribution in [-0.4, -0.2) is 11.1 Å². The number of aliphatic hydroxyl groups excluding tert-OH is 1. The first-order valence-electron chi connectivity index (χ1n) is 7.67. The predicted octanol–water partition coefficient (Wildman–Crippen LogP) is 3.43. The number of aliphatic hydroxyl groups is 1. The van der Waals surface area contributed by atoms with E-state index in [4.69, 9.17) is 0 Å². The number of anilines is 1. The van der Waals surface area contributed by atoms with Crippen LogP contribution < -0.4 is 10.6 Å². The minimum absolute atomic E-state index is 0.160. The highest BCUT2D eigenvalue weighted by Crippen LogP contribution is 2.41. The molecule has 2 aromatic rings. The molecule has 4 nitrogen and oxygen atoms in total. The molecule has 0 spiro atoms. The maximum Gasteiger partial charge on any atom is 0.319 e. The summed E-state index contributed by atoms with van der Waals surface area (Å²) in [6, 6.07) is 14.0. The fourth-order valence-electron chi connectivity index (χ4n) is 2.93. The Balaban J connectivity index is 1.61. The third kappa shape index (κ3) is 2.46. The molecule has 2 amide bonds. The Morgan fingerprint density at radius 2 is 1.77 bits per heavy atom. The molecule has 1 heterocycles. The van der Waals surface area contributed by atoms with E-state index in [1.165, 1.54) is 0 Å². The zero-order valence-electron chi connectivity index (χ0n) is 12.2. The molecule has 2 aliphatic rings. The van der Waals surface area contributed by atoms with Crippen molar-refractivity contribution < 1.29 is 9.90 Å². The number of urea groups is 1. The molecule has 1 unspecified atom stereocenters. The van der Waals surface area contributed by atoms with Crippen molar-refractivity contribution in [3.05, 3.63) is 53.6 Å². The molecule has 1 aliphatic carbocycles. The third-order valence-electron chi connectivity index (χ3n) is 4.45. The van der Waals surface area contributed by atoms with Crippen LogP contribution in [0.2, 0.25) is 0 Å². The van der Waals surface area contributed by atoms with Gasteiger partial charge < -0.3 is 15.7 Å². The molecule has 0 radical (unpaired) electrons. The van der Waals surface area contributed by atoms with E-state index < -0.39 is 0 Å². The van der Waals surface area contributed by atoms with Crippen molar-refractivity contribution in [2.45, 2.75) is 25.5 Å². The average Bonchev–Trinajstić information content (AvgIpc) is 3.38. The summed E-state index contributed by atoms with van der Waals surface area (Å²) < 4.78 is 0. The van der Waals surface area contributed by atoms with Crippen LogP contribution in [0.4, 0.5) is 10.5 Å². The van der Waals surface area contributed by atoms with E-state index in [-0.39, 0.29) is 12.1 Å². The van der Waals surface area contributed by atoms with Crippen LogP contribution in [0.25, 0.3) is 11.1 Å². The summed E-state index contributed by atoms with van der Waals surface area (Å²) in [5.41, 5.74) is 5.09. The lowest BCUT2D eigenvalue weighted by Crippen LogP contribution is -2.33. The second-order valence-electron chi connectivity index (χ2n) is 6.08. The number of benzene rings is 2. The van der Waals surface area contributed by atoms with Gasteiger partial charge in [-0.3, -0.25) is 0 Å². The van der Waals surface area contributed by atoms with Crippen molar-refractivity contribution >= 4 is 11.7 Å². The number of nitrogens with one attached hydrogen (secondary N) is 2. The molecule has 1 fully saturated rings. The molecule has 0 bridgehead atoms. The van der Waals surface area contributed by atoms with Gasteiger partial charge in [-0.05, 0) is 47.1 Å². The number of hydrogen-bond donors (Lipinski definition) is 3. The van der Waals surface area contributed by atoms with Crippen LogP contribution in [0, 0.1) is 5.92 Å². The summed E-state index contributed by atoms with van der Waals surface area (Å²) in [6.07, 6.45) is 1.92. The fraction of sp³-hybridized carbons (Fsp3) is 0.278. The molecule has 22 heavy (non-hydrogen) atoms. The Hall–Kier alpha value is -2.33. The topological polar surface area (TPSA) is 61.4 Å². The molecule has 4 heteroatoms. The van der Waals surface area contributed by atoms with Crippen LogP contribution in [-0.2, 0) is 6.54 Å². The molecule has 2 aromatic carbocycles. The molecule has 1 aliphatic heterocycles. The smallest absolute Gasteiger partial charge is 0.319 e. The Kier molecular flexibility index (Phi) is 3.12. The maximum absolute atomic E-state index is 11.4. The molecule has 1 saturated carbocycles. The maximum atomic E-state index is 11.4. The molecule has 0 saturated heterocycles. The van der Waals surface area contributed by atoms with Crippen LogP contribution in [0.1, 0.15) is 30.1 Å². The lowest BCUT2D eigenvalue weighted by Gasteiger charge is -2.19. The number of rotatable bonds is 3. The molecular weight excluding hydrogens is 276 g/mol. The fourth-order valence-corrected chi connectivity index (χ4v) is 2.93. The van der Waals surface area contributed by atoms with Gasteiger partial charge >= 0.3 is 6.03 Å². The number of hydrogen-bond acceptors (Lipinski definition) is 2. The first-order chi connectivity index (χ1) is 10.7. The molecule has 112 valence electrons. The largest absolute Gasteiger partial charge is 0.388 e. The van der Waals surface area contributed by atoms with Gasteiger partial charge in [-0.15, -0.1) is 0 Å². The zero-order chi connectivity index (χ0) is 15.1. The molecular formula is C18H18N2O2. The molecule has 0 aromatic heterocycles. The van der Waals surface area contributed by atoms with Gasteiger partial charge in [0.25, 0.3) is 0 Å². The van der Waals surface area contributed by atoms with Gasteiger partial charge in [-0.25, -0.2) is 4.79 Å². The van der Waals surface area contributed by atoms with E-state index in [1.54, 1.807) is 0 Å². The second kappa shape index (κ2) is 5.14. The number of carbonyl (C=O) groups is 1. The molecule has 1 atom stereocenters. The van der Waals surface area contributed by atoms with Gasteiger partial charge in [0.1, 0.15) is 0 Å². The second-order valence-corrected chi connectivity index (χ2v) is 6.08. The third-order valence-corrected chi connectivity index (χ3v) is 4.45. The van der Waals surface area contributed by atoms with Crippen molar-refractivity contribution in [1.29, 1.82) is 0 Å². The highest BCUT2D eigenvalue weighted by atomic mass is 16.3. The summed E-state index contributed by atoms with van der Waals surface area (Å²) in [5.74, 6) is 0.442. The molecule has 4 rings (SSSR count). The zero-order valence-corrected chi connectivity index (χ0v) is 12.2. The van der Waals surface area contributed by atoms with Crippen molar-refractivity contribution in [3.63, 3.8) is 0 Å².